The van der Waals surface area contributed by atoms with Gasteiger partial charge < -0.3 is 9.30 Å². The lowest BCUT2D eigenvalue weighted by molar-refractivity contribution is 0.0998. The Morgan fingerprint density at radius 3 is 2.34 bits per heavy atom. The van der Waals surface area contributed by atoms with E-state index >= 15 is 0 Å². The number of benzene rings is 3. The number of ether oxygens (including phenoxy) is 1. The lowest BCUT2D eigenvalue weighted by Crippen LogP contribution is -2.16. The minimum Gasteiger partial charge on any atom is -0.497 e. The van der Waals surface area contributed by atoms with Crippen LogP contribution in [-0.4, -0.2) is 26.0 Å². The van der Waals surface area contributed by atoms with Crippen LogP contribution in [0.2, 0.25) is 0 Å². The number of sulfonamides is 1. The molecule has 4 aromatic rings. The van der Waals surface area contributed by atoms with Crippen molar-refractivity contribution in [2.24, 2.45) is 4.99 Å². The highest BCUT2D eigenvalue weighted by molar-refractivity contribution is 7.92. The number of nitrogens with one attached hydrogen (secondary N) is 1. The summed E-state index contributed by atoms with van der Waals surface area (Å²) < 4.78 is 36.0. The second-order valence-corrected chi connectivity index (χ2v) is 11.0. The van der Waals surface area contributed by atoms with Crippen LogP contribution >= 0.6 is 11.3 Å². The third kappa shape index (κ3) is 5.31. The van der Waals surface area contributed by atoms with Crippen molar-refractivity contribution in [2.75, 3.05) is 11.8 Å². The molecule has 0 aliphatic carbocycles. The summed E-state index contributed by atoms with van der Waals surface area (Å²) in [6.45, 7) is 7.02. The number of hydrogen-bond donors (Lipinski definition) is 1. The van der Waals surface area contributed by atoms with Crippen LogP contribution in [0.1, 0.15) is 42.6 Å². The number of methoxy groups -OCH3 is 1. The van der Waals surface area contributed by atoms with E-state index in [-0.39, 0.29) is 10.8 Å². The number of aromatic nitrogens is 1. The number of hydrogen-bond acceptors (Lipinski definition) is 5. The molecule has 9 heteroatoms. The summed E-state index contributed by atoms with van der Waals surface area (Å²) >= 11 is 1.49. The molecule has 7 nitrogen and oxygen atoms in total. The Kier molecular flexibility index (Phi) is 7.09. The molecule has 0 radical (unpaired) electrons. The second kappa shape index (κ2) is 10.1. The minimum atomic E-state index is -3.77. The molecule has 0 fully saturated rings. The van der Waals surface area contributed by atoms with E-state index in [4.69, 9.17) is 4.74 Å². The molecule has 1 aromatic heterocycles. The second-order valence-electron chi connectivity index (χ2n) is 8.29. The van der Waals surface area contributed by atoms with E-state index in [0.717, 1.165) is 10.2 Å². The zero-order valence-electron chi connectivity index (χ0n) is 20.0. The smallest absolute Gasteiger partial charge is 0.279 e. The monoisotopic (exact) mass is 509 g/mol. The van der Waals surface area contributed by atoms with Crippen molar-refractivity contribution in [2.45, 2.75) is 38.1 Å². The third-order valence-electron chi connectivity index (χ3n) is 5.64. The number of carbonyl (C=O) groups excluding carboxylic acids is 1. The average Bonchev–Trinajstić information content (AvgIpc) is 3.20. The zero-order chi connectivity index (χ0) is 25.2. The first-order valence-electron chi connectivity index (χ1n) is 11.2. The zero-order valence-corrected chi connectivity index (χ0v) is 21.6. The van der Waals surface area contributed by atoms with Crippen molar-refractivity contribution in [3.8, 4) is 5.75 Å². The van der Waals surface area contributed by atoms with Crippen molar-refractivity contribution < 1.29 is 17.9 Å². The summed E-state index contributed by atoms with van der Waals surface area (Å²) in [5.41, 5.74) is 3.02. The number of nitrogens with zero attached hydrogens (tertiary/aromatic N) is 2. The van der Waals surface area contributed by atoms with Gasteiger partial charge in [0, 0.05) is 17.8 Å². The maximum atomic E-state index is 12.9. The minimum absolute atomic E-state index is 0.114. The van der Waals surface area contributed by atoms with Gasteiger partial charge in [-0.2, -0.15) is 4.99 Å². The van der Waals surface area contributed by atoms with Gasteiger partial charge in [0.25, 0.3) is 15.9 Å². The molecule has 3 aromatic carbocycles. The first-order valence-corrected chi connectivity index (χ1v) is 13.5. The largest absolute Gasteiger partial charge is 0.497 e. The molecule has 4 rings (SSSR count). The quantitative estimate of drug-likeness (QED) is 0.361. The van der Waals surface area contributed by atoms with E-state index in [2.05, 4.69) is 41.8 Å². The molecule has 182 valence electrons. The van der Waals surface area contributed by atoms with Crippen molar-refractivity contribution in [1.29, 1.82) is 0 Å². The Balaban J connectivity index is 1.57. The van der Waals surface area contributed by atoms with Gasteiger partial charge in [0.05, 0.1) is 22.2 Å². The number of thiazole rings is 1. The molecular weight excluding hydrogens is 482 g/mol. The molecule has 0 atom stereocenters. The summed E-state index contributed by atoms with van der Waals surface area (Å²) in [6, 6.07) is 18.7. The first-order chi connectivity index (χ1) is 16.7. The summed E-state index contributed by atoms with van der Waals surface area (Å²) in [5, 5.41) is 0. The molecule has 1 N–H and O–H groups in total. The van der Waals surface area contributed by atoms with Gasteiger partial charge in [-0.15, -0.1) is 0 Å². The summed E-state index contributed by atoms with van der Waals surface area (Å²) in [5.74, 6) is 0.602. The Labute approximate surface area is 208 Å². The van der Waals surface area contributed by atoms with Gasteiger partial charge in [-0.25, -0.2) is 8.42 Å². The molecule has 0 saturated carbocycles. The number of amides is 1. The van der Waals surface area contributed by atoms with E-state index < -0.39 is 10.0 Å². The first kappa shape index (κ1) is 24.7. The standard InChI is InChI=1S/C26H27N3O4S2/c1-5-29-23-15-8-19(17(2)3)16-24(23)34-26(29)27-25(30)18-6-9-20(10-7-18)28-35(31,32)22-13-11-21(33-4)12-14-22/h6-17,28H,5H2,1-4H3. The highest BCUT2D eigenvalue weighted by Crippen LogP contribution is 2.24. The molecule has 0 bridgehead atoms. The maximum absolute atomic E-state index is 12.9. The molecular formula is C26H27N3O4S2. The molecule has 1 amide bonds. The van der Waals surface area contributed by atoms with Crippen LogP contribution in [0.25, 0.3) is 10.2 Å². The van der Waals surface area contributed by atoms with E-state index in [1.54, 1.807) is 36.4 Å². The third-order valence-corrected chi connectivity index (χ3v) is 8.08. The van der Waals surface area contributed by atoms with Crippen LogP contribution in [0.15, 0.2) is 76.6 Å². The normalized spacial score (nSPS) is 12.3. The van der Waals surface area contributed by atoms with Gasteiger partial charge >= 0.3 is 0 Å². The van der Waals surface area contributed by atoms with Gasteiger partial charge in [-0.1, -0.05) is 31.3 Å². The van der Waals surface area contributed by atoms with Crippen molar-refractivity contribution in [3.05, 3.63) is 82.7 Å². The van der Waals surface area contributed by atoms with Gasteiger partial charge in [0.1, 0.15) is 5.75 Å². The Morgan fingerprint density at radius 2 is 1.74 bits per heavy atom. The fourth-order valence-corrected chi connectivity index (χ4v) is 5.84. The lowest BCUT2D eigenvalue weighted by Gasteiger charge is -2.09. The molecule has 0 unspecified atom stereocenters. The predicted octanol–water partition coefficient (Wildman–Crippen LogP) is 5.40. The van der Waals surface area contributed by atoms with E-state index in [0.29, 0.717) is 34.3 Å². The Hall–Kier alpha value is -3.43. The van der Waals surface area contributed by atoms with Gasteiger partial charge in [-0.3, -0.25) is 9.52 Å². The molecule has 0 aliphatic heterocycles. The predicted molar refractivity (Wildman–Crippen MR) is 140 cm³/mol. The molecule has 0 spiro atoms. The SMILES string of the molecule is CCn1c(=NC(=O)c2ccc(NS(=O)(=O)c3ccc(OC)cc3)cc2)sc2cc(C(C)C)ccc21. The Morgan fingerprint density at radius 1 is 1.06 bits per heavy atom. The molecule has 1 heterocycles. The molecule has 0 aliphatic rings. The summed E-state index contributed by atoms with van der Waals surface area (Å²) in [6.07, 6.45) is 0. The van der Waals surface area contributed by atoms with Crippen LogP contribution in [0.5, 0.6) is 5.75 Å². The summed E-state index contributed by atoms with van der Waals surface area (Å²) in [4.78, 5) is 18.0. The van der Waals surface area contributed by atoms with Crippen molar-refractivity contribution in [3.63, 3.8) is 0 Å². The van der Waals surface area contributed by atoms with Gasteiger partial charge in [-0.05, 0) is 79.1 Å². The van der Waals surface area contributed by atoms with Crippen LogP contribution in [0.3, 0.4) is 0 Å². The summed E-state index contributed by atoms with van der Waals surface area (Å²) in [7, 11) is -2.25. The number of fused-ring (bicyclic) bond motifs is 1. The van der Waals surface area contributed by atoms with Crippen LogP contribution in [-0.2, 0) is 16.6 Å². The number of carbonyl (C=O) groups is 1. The fraction of sp³-hybridized carbons (Fsp3) is 0.231. The lowest BCUT2D eigenvalue weighted by atomic mass is 10.0. The number of aryl methyl sites for hydroxylation is 1. The van der Waals surface area contributed by atoms with E-state index in [9.17, 15) is 13.2 Å². The van der Waals surface area contributed by atoms with E-state index in [1.807, 2.05) is 11.5 Å². The Bertz CT molecular complexity index is 1530. The molecule has 35 heavy (non-hydrogen) atoms. The molecule has 0 saturated heterocycles. The number of rotatable bonds is 7. The van der Waals surface area contributed by atoms with Gasteiger partial charge in [0.2, 0.25) is 0 Å². The highest BCUT2D eigenvalue weighted by atomic mass is 32.2. The highest BCUT2D eigenvalue weighted by Gasteiger charge is 2.15. The average molecular weight is 510 g/mol. The van der Waals surface area contributed by atoms with Crippen molar-refractivity contribution in [1.82, 2.24) is 4.57 Å². The van der Waals surface area contributed by atoms with Crippen LogP contribution in [0.4, 0.5) is 5.69 Å². The van der Waals surface area contributed by atoms with Crippen LogP contribution < -0.4 is 14.3 Å². The van der Waals surface area contributed by atoms with Crippen LogP contribution in [0, 0.1) is 0 Å². The fourth-order valence-electron chi connectivity index (χ4n) is 3.64. The van der Waals surface area contributed by atoms with Crippen molar-refractivity contribution >= 4 is 43.2 Å². The van der Waals surface area contributed by atoms with E-state index in [1.165, 1.54) is 36.1 Å². The maximum Gasteiger partial charge on any atom is 0.279 e. The van der Waals surface area contributed by atoms with Gasteiger partial charge in [0.15, 0.2) is 4.80 Å². The topological polar surface area (TPSA) is 89.8 Å². The number of anilines is 1.